The van der Waals surface area contributed by atoms with Crippen LogP contribution in [0.4, 0.5) is 0 Å². The molecule has 0 aliphatic carbocycles. The first-order chi connectivity index (χ1) is 36.5. The molecular formula is C68H120O6. The van der Waals surface area contributed by atoms with Crippen molar-refractivity contribution in [3.05, 3.63) is 72.9 Å². The summed E-state index contributed by atoms with van der Waals surface area (Å²) in [6.07, 6.45) is 80.8. The van der Waals surface area contributed by atoms with E-state index < -0.39 is 6.10 Å². The second kappa shape index (κ2) is 62.4. The van der Waals surface area contributed by atoms with Gasteiger partial charge in [0.1, 0.15) is 13.2 Å². The molecule has 0 fully saturated rings. The Bertz CT molecular complexity index is 1370. The maximum atomic E-state index is 12.8. The van der Waals surface area contributed by atoms with Crippen LogP contribution in [0.25, 0.3) is 0 Å². The molecule has 0 aromatic heterocycles. The zero-order valence-electron chi connectivity index (χ0n) is 49.1. The lowest BCUT2D eigenvalue weighted by Crippen LogP contribution is -2.30. The highest BCUT2D eigenvalue weighted by molar-refractivity contribution is 5.71. The van der Waals surface area contributed by atoms with E-state index in [9.17, 15) is 14.4 Å². The van der Waals surface area contributed by atoms with Gasteiger partial charge in [0.25, 0.3) is 0 Å². The summed E-state index contributed by atoms with van der Waals surface area (Å²) in [5.41, 5.74) is 0. The van der Waals surface area contributed by atoms with Crippen molar-refractivity contribution in [1.29, 1.82) is 0 Å². The Balaban J connectivity index is 4.19. The molecule has 428 valence electrons. The van der Waals surface area contributed by atoms with Gasteiger partial charge < -0.3 is 14.2 Å². The summed E-state index contributed by atoms with van der Waals surface area (Å²) in [7, 11) is 0. The van der Waals surface area contributed by atoms with Crippen molar-refractivity contribution in [2.45, 2.75) is 329 Å². The summed E-state index contributed by atoms with van der Waals surface area (Å²) < 4.78 is 16.8. The Morgan fingerprint density at radius 3 is 0.878 bits per heavy atom. The van der Waals surface area contributed by atoms with Crippen LogP contribution >= 0.6 is 0 Å². The Hall–Kier alpha value is -3.15. The molecule has 0 bridgehead atoms. The number of unbranched alkanes of at least 4 members (excludes halogenated alkanes) is 35. The molecule has 0 heterocycles. The van der Waals surface area contributed by atoms with E-state index in [1.165, 1.54) is 199 Å². The van der Waals surface area contributed by atoms with E-state index in [2.05, 4.69) is 93.7 Å². The molecule has 0 aliphatic rings. The highest BCUT2D eigenvalue weighted by Gasteiger charge is 2.19. The molecule has 0 aromatic carbocycles. The molecule has 0 saturated carbocycles. The Morgan fingerprint density at radius 2 is 0.541 bits per heavy atom. The summed E-state index contributed by atoms with van der Waals surface area (Å²) in [5.74, 6) is -0.942. The van der Waals surface area contributed by atoms with Gasteiger partial charge in [-0.15, -0.1) is 0 Å². The van der Waals surface area contributed by atoms with Crippen molar-refractivity contribution >= 4 is 17.9 Å². The van der Waals surface area contributed by atoms with Crippen LogP contribution in [0, 0.1) is 0 Å². The molecular weight excluding hydrogens is 913 g/mol. The summed E-state index contributed by atoms with van der Waals surface area (Å²) in [6, 6.07) is 0. The van der Waals surface area contributed by atoms with Crippen molar-refractivity contribution in [3.63, 3.8) is 0 Å². The van der Waals surface area contributed by atoms with Gasteiger partial charge in [-0.2, -0.15) is 0 Å². The minimum absolute atomic E-state index is 0.0946. The highest BCUT2D eigenvalue weighted by atomic mass is 16.6. The summed E-state index contributed by atoms with van der Waals surface area (Å²) >= 11 is 0. The predicted molar refractivity (Wildman–Crippen MR) is 321 cm³/mol. The van der Waals surface area contributed by atoms with Crippen LogP contribution in [0.1, 0.15) is 323 Å². The lowest BCUT2D eigenvalue weighted by Gasteiger charge is -2.18. The van der Waals surface area contributed by atoms with Gasteiger partial charge in [0.15, 0.2) is 6.10 Å². The van der Waals surface area contributed by atoms with E-state index in [-0.39, 0.29) is 37.5 Å². The zero-order valence-corrected chi connectivity index (χ0v) is 49.1. The van der Waals surface area contributed by atoms with E-state index in [0.717, 1.165) is 77.0 Å². The van der Waals surface area contributed by atoms with Gasteiger partial charge in [-0.3, -0.25) is 14.4 Å². The van der Waals surface area contributed by atoms with Gasteiger partial charge in [0, 0.05) is 19.3 Å². The number of ether oxygens (including phenoxy) is 3. The number of carbonyl (C=O) groups excluding carboxylic acids is 3. The fraction of sp³-hybridized carbons (Fsp3) is 0.779. The third-order valence-electron chi connectivity index (χ3n) is 13.9. The van der Waals surface area contributed by atoms with E-state index >= 15 is 0 Å². The first-order valence-electron chi connectivity index (χ1n) is 31.9. The van der Waals surface area contributed by atoms with Gasteiger partial charge in [-0.1, -0.05) is 293 Å². The Labute approximate surface area is 459 Å². The number of carbonyl (C=O) groups is 3. The maximum Gasteiger partial charge on any atom is 0.306 e. The first-order valence-corrected chi connectivity index (χ1v) is 31.9. The Morgan fingerprint density at radius 1 is 0.284 bits per heavy atom. The molecule has 0 saturated heterocycles. The third-order valence-corrected chi connectivity index (χ3v) is 13.9. The molecule has 0 rings (SSSR count). The van der Waals surface area contributed by atoms with E-state index in [0.29, 0.717) is 19.3 Å². The van der Waals surface area contributed by atoms with E-state index in [1.807, 2.05) is 0 Å². The van der Waals surface area contributed by atoms with Gasteiger partial charge in [-0.05, 0) is 83.5 Å². The summed E-state index contributed by atoms with van der Waals surface area (Å²) in [4.78, 5) is 38.1. The van der Waals surface area contributed by atoms with Crippen molar-refractivity contribution in [1.82, 2.24) is 0 Å². The highest BCUT2D eigenvalue weighted by Crippen LogP contribution is 2.17. The average molecular weight is 1030 g/mol. The number of hydrogen-bond acceptors (Lipinski definition) is 6. The second-order valence-electron chi connectivity index (χ2n) is 21.3. The molecule has 1 atom stereocenters. The molecule has 0 N–H and O–H groups in total. The molecule has 6 nitrogen and oxygen atoms in total. The quantitative estimate of drug-likeness (QED) is 0.0261. The van der Waals surface area contributed by atoms with Crippen molar-refractivity contribution in [3.8, 4) is 0 Å². The lowest BCUT2D eigenvalue weighted by atomic mass is 10.0. The first kappa shape index (κ1) is 70.8. The molecule has 0 radical (unpaired) electrons. The predicted octanol–water partition coefficient (Wildman–Crippen LogP) is 21.7. The summed E-state index contributed by atoms with van der Waals surface area (Å²) in [5, 5.41) is 0. The molecule has 0 spiro atoms. The van der Waals surface area contributed by atoms with Crippen LogP contribution in [0.2, 0.25) is 0 Å². The number of rotatable bonds is 58. The largest absolute Gasteiger partial charge is 0.462 e. The minimum atomic E-state index is -0.802. The van der Waals surface area contributed by atoms with Crippen LogP contribution in [-0.4, -0.2) is 37.2 Å². The van der Waals surface area contributed by atoms with Gasteiger partial charge in [-0.25, -0.2) is 0 Å². The second-order valence-corrected chi connectivity index (χ2v) is 21.3. The standard InChI is InChI=1S/C68H120O6/c1-4-7-10-13-16-19-22-24-26-28-29-30-31-32-33-34-35-36-37-38-39-41-42-44-46-49-52-55-58-61-67(70)73-64-65(63-72-66(69)60-57-54-51-48-21-18-15-12-9-6-3)74-68(71)62-59-56-53-50-47-45-43-40-27-25-23-20-17-14-11-8-5-2/h8,11,17,20,25,27-29,43,45,50,53,65H,4-7,9-10,12-16,18-19,21-24,26,30-42,44,46-49,51-52,54-64H2,1-3H3/b11-8-,20-17-,27-25-,29-28-,45-43-,53-50-. The van der Waals surface area contributed by atoms with Crippen molar-refractivity contribution in [2.75, 3.05) is 13.2 Å². The van der Waals surface area contributed by atoms with Gasteiger partial charge in [0.2, 0.25) is 0 Å². The van der Waals surface area contributed by atoms with Crippen molar-refractivity contribution in [2.24, 2.45) is 0 Å². The number of hydrogen-bond donors (Lipinski definition) is 0. The van der Waals surface area contributed by atoms with Gasteiger partial charge >= 0.3 is 17.9 Å². The minimum Gasteiger partial charge on any atom is -0.462 e. The number of allylic oxidation sites excluding steroid dienone is 12. The fourth-order valence-electron chi connectivity index (χ4n) is 9.18. The third kappa shape index (κ3) is 59.7. The Kier molecular flexibility index (Phi) is 59.7. The van der Waals surface area contributed by atoms with Crippen LogP contribution in [0.3, 0.4) is 0 Å². The molecule has 0 amide bonds. The van der Waals surface area contributed by atoms with E-state index in [1.54, 1.807) is 0 Å². The van der Waals surface area contributed by atoms with Crippen LogP contribution in [0.15, 0.2) is 72.9 Å². The summed E-state index contributed by atoms with van der Waals surface area (Å²) in [6.45, 7) is 6.50. The SMILES string of the molecule is CC/C=C\C/C=C\C/C=C\C/C=C\C/C=C\CCCC(=O)OC(COC(=O)CCCCCCCCCCCC)COC(=O)CCCCCCCCCCCCCCCCCCC/C=C\CCCCCCCCCC. The smallest absolute Gasteiger partial charge is 0.306 e. The van der Waals surface area contributed by atoms with Crippen molar-refractivity contribution < 1.29 is 28.6 Å². The maximum absolute atomic E-state index is 12.8. The average Bonchev–Trinajstić information content (AvgIpc) is 3.40. The van der Waals surface area contributed by atoms with Gasteiger partial charge in [0.05, 0.1) is 0 Å². The van der Waals surface area contributed by atoms with Crippen LogP contribution in [-0.2, 0) is 28.6 Å². The monoisotopic (exact) mass is 1030 g/mol. The van der Waals surface area contributed by atoms with Crippen LogP contribution in [0.5, 0.6) is 0 Å². The van der Waals surface area contributed by atoms with E-state index in [4.69, 9.17) is 14.2 Å². The fourth-order valence-corrected chi connectivity index (χ4v) is 9.18. The lowest BCUT2D eigenvalue weighted by molar-refractivity contribution is -0.167. The number of esters is 3. The molecule has 74 heavy (non-hydrogen) atoms. The molecule has 0 aromatic rings. The van der Waals surface area contributed by atoms with Crippen LogP contribution < -0.4 is 0 Å². The zero-order chi connectivity index (χ0) is 53.6. The normalized spacial score (nSPS) is 12.5. The molecule has 0 aliphatic heterocycles. The topological polar surface area (TPSA) is 78.9 Å². The molecule has 6 heteroatoms. The molecule has 1 unspecified atom stereocenters.